The molecule has 1 saturated heterocycles. The molecule has 2 aliphatic rings. The van der Waals surface area contributed by atoms with Crippen molar-refractivity contribution in [2.45, 2.75) is 25.7 Å². The Hall–Kier alpha value is -0.120. The van der Waals surface area contributed by atoms with Gasteiger partial charge in [-0.1, -0.05) is 12.8 Å². The molecule has 2 rings (SSSR count). The first-order valence-electron chi connectivity index (χ1n) is 5.89. The normalized spacial score (nSPS) is 28.1. The molecule has 0 aromatic carbocycles. The van der Waals surface area contributed by atoms with Crippen LogP contribution in [0.5, 0.6) is 0 Å². The third kappa shape index (κ3) is 2.27. The lowest BCUT2D eigenvalue weighted by molar-refractivity contribution is 0.0728. The molecule has 1 heterocycles. The molecule has 1 aliphatic carbocycles. The third-order valence-electron chi connectivity index (χ3n) is 3.77. The summed E-state index contributed by atoms with van der Waals surface area (Å²) in [4.78, 5) is 2.51. The fraction of sp³-hybridized carbons (Fsp3) is 1.00. The molecule has 3 nitrogen and oxygen atoms in total. The zero-order valence-corrected chi connectivity index (χ0v) is 8.97. The maximum absolute atomic E-state index is 9.50. The van der Waals surface area contributed by atoms with Crippen LogP contribution in [-0.4, -0.2) is 49.3 Å². The van der Waals surface area contributed by atoms with Gasteiger partial charge in [0, 0.05) is 44.7 Å². The van der Waals surface area contributed by atoms with Crippen LogP contribution in [0.4, 0.5) is 0 Å². The molecule has 3 heteroatoms. The van der Waals surface area contributed by atoms with E-state index >= 15 is 0 Å². The van der Waals surface area contributed by atoms with Crippen molar-refractivity contribution < 1.29 is 5.11 Å². The number of rotatable bonds is 3. The van der Waals surface area contributed by atoms with Crippen molar-refractivity contribution in [3.8, 4) is 0 Å². The lowest BCUT2D eigenvalue weighted by Crippen LogP contribution is -2.48. The highest BCUT2D eigenvalue weighted by atomic mass is 16.3. The van der Waals surface area contributed by atoms with Crippen LogP contribution in [-0.2, 0) is 0 Å². The number of hydrogen-bond acceptors (Lipinski definition) is 3. The van der Waals surface area contributed by atoms with E-state index in [-0.39, 0.29) is 5.41 Å². The Balaban J connectivity index is 1.86. The first kappa shape index (κ1) is 10.4. The number of piperazine rings is 1. The molecule has 0 atom stereocenters. The maximum atomic E-state index is 9.50. The van der Waals surface area contributed by atoms with Crippen molar-refractivity contribution in [1.82, 2.24) is 10.2 Å². The lowest BCUT2D eigenvalue weighted by Gasteiger charge is -2.36. The second kappa shape index (κ2) is 4.60. The van der Waals surface area contributed by atoms with Crippen LogP contribution in [0.2, 0.25) is 0 Å². The summed E-state index contributed by atoms with van der Waals surface area (Å²) in [5.74, 6) is 0. The van der Waals surface area contributed by atoms with Crippen molar-refractivity contribution in [2.75, 3.05) is 39.3 Å². The predicted molar refractivity (Wildman–Crippen MR) is 57.3 cm³/mol. The van der Waals surface area contributed by atoms with E-state index in [1.807, 2.05) is 0 Å². The van der Waals surface area contributed by atoms with Crippen molar-refractivity contribution in [3.63, 3.8) is 0 Å². The molecule has 0 amide bonds. The van der Waals surface area contributed by atoms with Gasteiger partial charge in [0.1, 0.15) is 0 Å². The molecule has 1 saturated carbocycles. The minimum absolute atomic E-state index is 0.247. The molecule has 0 unspecified atom stereocenters. The van der Waals surface area contributed by atoms with Gasteiger partial charge in [0.15, 0.2) is 0 Å². The second-order valence-corrected chi connectivity index (χ2v) is 4.89. The average molecular weight is 198 g/mol. The molecule has 2 fully saturated rings. The van der Waals surface area contributed by atoms with E-state index < -0.39 is 0 Å². The van der Waals surface area contributed by atoms with E-state index in [1.165, 1.54) is 25.7 Å². The summed E-state index contributed by atoms with van der Waals surface area (Å²) in [6.45, 7) is 6.04. The summed E-state index contributed by atoms with van der Waals surface area (Å²) in [5.41, 5.74) is 0.247. The summed E-state index contributed by atoms with van der Waals surface area (Å²) < 4.78 is 0. The van der Waals surface area contributed by atoms with E-state index in [2.05, 4.69) is 10.2 Å². The number of nitrogens with zero attached hydrogens (tertiary/aromatic N) is 1. The monoisotopic (exact) mass is 198 g/mol. The molecule has 14 heavy (non-hydrogen) atoms. The molecule has 0 spiro atoms. The fourth-order valence-electron chi connectivity index (χ4n) is 2.83. The molecule has 1 aliphatic heterocycles. The van der Waals surface area contributed by atoms with Gasteiger partial charge in [0.25, 0.3) is 0 Å². The third-order valence-corrected chi connectivity index (χ3v) is 3.77. The zero-order chi connectivity index (χ0) is 9.86. The Labute approximate surface area is 86.5 Å². The summed E-state index contributed by atoms with van der Waals surface area (Å²) in [7, 11) is 0. The number of aliphatic hydroxyl groups is 1. The Bertz CT molecular complexity index is 172. The largest absolute Gasteiger partial charge is 0.396 e. The first-order valence-corrected chi connectivity index (χ1v) is 5.89. The van der Waals surface area contributed by atoms with Crippen molar-refractivity contribution in [1.29, 1.82) is 0 Å². The standard InChI is InChI=1S/C11H22N2O/c14-10-11(3-1-2-4-11)9-13-7-5-12-6-8-13/h12,14H,1-10H2. The van der Waals surface area contributed by atoms with E-state index in [1.54, 1.807) is 0 Å². The minimum atomic E-state index is 0.247. The van der Waals surface area contributed by atoms with Gasteiger partial charge in [0.05, 0.1) is 0 Å². The van der Waals surface area contributed by atoms with Gasteiger partial charge in [-0.2, -0.15) is 0 Å². The van der Waals surface area contributed by atoms with Crippen LogP contribution in [0, 0.1) is 5.41 Å². The summed E-state index contributed by atoms with van der Waals surface area (Å²) in [6.07, 6.45) is 5.08. The predicted octanol–water partition coefficient (Wildman–Crippen LogP) is 0.444. The van der Waals surface area contributed by atoms with Gasteiger partial charge in [0.2, 0.25) is 0 Å². The molecule has 0 aromatic heterocycles. The van der Waals surface area contributed by atoms with Gasteiger partial charge in [-0.05, 0) is 12.8 Å². The Kier molecular flexibility index (Phi) is 3.42. The Morgan fingerprint density at radius 1 is 1.14 bits per heavy atom. The highest BCUT2D eigenvalue weighted by molar-refractivity contribution is 4.88. The zero-order valence-electron chi connectivity index (χ0n) is 8.97. The van der Waals surface area contributed by atoms with E-state index in [0.717, 1.165) is 32.7 Å². The average Bonchev–Trinajstić information content (AvgIpc) is 2.69. The SMILES string of the molecule is OCC1(CN2CCNCC2)CCCC1. The molecule has 2 N–H and O–H groups in total. The summed E-state index contributed by atoms with van der Waals surface area (Å²) >= 11 is 0. The van der Waals surface area contributed by atoms with Crippen LogP contribution in [0.15, 0.2) is 0 Å². The van der Waals surface area contributed by atoms with E-state index in [0.29, 0.717) is 6.61 Å². The number of nitrogens with one attached hydrogen (secondary N) is 1. The second-order valence-electron chi connectivity index (χ2n) is 4.89. The van der Waals surface area contributed by atoms with Gasteiger partial charge >= 0.3 is 0 Å². The maximum Gasteiger partial charge on any atom is 0.0499 e. The number of aliphatic hydroxyl groups excluding tert-OH is 1. The van der Waals surface area contributed by atoms with Gasteiger partial charge < -0.3 is 15.3 Å². The Morgan fingerprint density at radius 2 is 1.79 bits per heavy atom. The fourth-order valence-corrected chi connectivity index (χ4v) is 2.83. The van der Waals surface area contributed by atoms with E-state index in [9.17, 15) is 5.11 Å². The number of hydrogen-bond donors (Lipinski definition) is 2. The van der Waals surface area contributed by atoms with Crippen molar-refractivity contribution in [2.24, 2.45) is 5.41 Å². The van der Waals surface area contributed by atoms with Crippen molar-refractivity contribution >= 4 is 0 Å². The van der Waals surface area contributed by atoms with Crippen LogP contribution in [0.25, 0.3) is 0 Å². The Morgan fingerprint density at radius 3 is 2.36 bits per heavy atom. The van der Waals surface area contributed by atoms with Gasteiger partial charge in [-0.15, -0.1) is 0 Å². The van der Waals surface area contributed by atoms with Crippen LogP contribution in [0.1, 0.15) is 25.7 Å². The molecule has 0 bridgehead atoms. The molecule has 0 radical (unpaired) electrons. The van der Waals surface area contributed by atoms with Gasteiger partial charge in [-0.25, -0.2) is 0 Å². The van der Waals surface area contributed by atoms with Crippen LogP contribution in [0.3, 0.4) is 0 Å². The quantitative estimate of drug-likeness (QED) is 0.691. The molecule has 82 valence electrons. The van der Waals surface area contributed by atoms with Crippen LogP contribution >= 0.6 is 0 Å². The lowest BCUT2D eigenvalue weighted by atomic mass is 9.86. The van der Waals surface area contributed by atoms with Crippen LogP contribution < -0.4 is 5.32 Å². The smallest absolute Gasteiger partial charge is 0.0499 e. The molecule has 0 aromatic rings. The first-order chi connectivity index (χ1) is 6.85. The molecular formula is C11H22N2O. The minimum Gasteiger partial charge on any atom is -0.396 e. The van der Waals surface area contributed by atoms with E-state index in [4.69, 9.17) is 0 Å². The highest BCUT2D eigenvalue weighted by Gasteiger charge is 2.34. The topological polar surface area (TPSA) is 35.5 Å². The highest BCUT2D eigenvalue weighted by Crippen LogP contribution is 2.38. The summed E-state index contributed by atoms with van der Waals surface area (Å²) in [5, 5.41) is 12.9. The molecular weight excluding hydrogens is 176 g/mol. The van der Waals surface area contributed by atoms with Crippen molar-refractivity contribution in [3.05, 3.63) is 0 Å². The van der Waals surface area contributed by atoms with Gasteiger partial charge in [-0.3, -0.25) is 0 Å². The summed E-state index contributed by atoms with van der Waals surface area (Å²) in [6, 6.07) is 0.